The summed E-state index contributed by atoms with van der Waals surface area (Å²) in [6, 6.07) is -0.563. The van der Waals surface area contributed by atoms with Crippen LogP contribution in [0.4, 0.5) is 0 Å². The molecule has 4 N–H and O–H groups in total. The van der Waals surface area contributed by atoms with Crippen molar-refractivity contribution in [2.45, 2.75) is 19.4 Å². The molecule has 2 rings (SSSR count). The summed E-state index contributed by atoms with van der Waals surface area (Å²) in [7, 11) is 0. The summed E-state index contributed by atoms with van der Waals surface area (Å²) in [6.07, 6.45) is 0.622. The third-order valence-electron chi connectivity index (χ3n) is 3.39. The number of carbonyl (C=O) groups is 2. The van der Waals surface area contributed by atoms with E-state index in [1.54, 1.807) is 12.3 Å². The first-order valence-corrected chi connectivity index (χ1v) is 7.12. The average molecular weight is 299 g/mol. The highest BCUT2D eigenvalue weighted by atomic mass is 32.1. The van der Waals surface area contributed by atoms with Crippen LogP contribution in [0.2, 0.25) is 0 Å². The van der Waals surface area contributed by atoms with Gasteiger partial charge in [-0.25, -0.2) is 4.98 Å². The van der Waals surface area contributed by atoms with Crippen molar-refractivity contribution in [3.8, 4) is 0 Å². The lowest BCUT2D eigenvalue weighted by molar-refractivity contribution is -0.148. The molecule has 1 aliphatic rings. The number of ether oxygens (including phenoxy) is 1. The summed E-state index contributed by atoms with van der Waals surface area (Å²) < 4.78 is 5.18. The summed E-state index contributed by atoms with van der Waals surface area (Å²) >= 11 is 1.37. The average Bonchev–Trinajstić information content (AvgIpc) is 2.99. The SMILES string of the molecule is CC1(C(=O)O)COCC1NC(=O)c1csc(CCN)n1. The second kappa shape index (κ2) is 5.86. The molecule has 1 fully saturated rings. The Morgan fingerprint density at radius 1 is 1.70 bits per heavy atom. The van der Waals surface area contributed by atoms with E-state index < -0.39 is 17.4 Å². The number of nitrogens with zero attached hydrogens (tertiary/aromatic N) is 1. The fraction of sp³-hybridized carbons (Fsp3) is 0.583. The second-order valence-electron chi connectivity index (χ2n) is 4.93. The molecular formula is C12H17N3O4S. The van der Waals surface area contributed by atoms with Crippen LogP contribution >= 0.6 is 11.3 Å². The van der Waals surface area contributed by atoms with Crippen LogP contribution in [0.25, 0.3) is 0 Å². The smallest absolute Gasteiger partial charge is 0.313 e. The standard InChI is InChI=1S/C12H17N3O4S/c1-12(11(17)18)6-19-4-8(12)15-10(16)7-5-20-9(14-7)2-3-13/h5,8H,2-4,6,13H2,1H3,(H,15,16)(H,17,18). The predicted molar refractivity (Wildman–Crippen MR) is 72.7 cm³/mol. The molecule has 0 spiro atoms. The van der Waals surface area contributed by atoms with Crippen LogP contribution < -0.4 is 11.1 Å². The van der Waals surface area contributed by atoms with Crippen molar-refractivity contribution in [3.05, 3.63) is 16.1 Å². The van der Waals surface area contributed by atoms with Gasteiger partial charge in [0, 0.05) is 11.8 Å². The van der Waals surface area contributed by atoms with Gasteiger partial charge in [-0.2, -0.15) is 0 Å². The largest absolute Gasteiger partial charge is 0.481 e. The number of amides is 1. The van der Waals surface area contributed by atoms with Crippen molar-refractivity contribution in [2.24, 2.45) is 11.1 Å². The molecule has 0 radical (unpaired) electrons. The highest BCUT2D eigenvalue weighted by Gasteiger charge is 2.47. The van der Waals surface area contributed by atoms with E-state index in [0.717, 1.165) is 5.01 Å². The zero-order valence-corrected chi connectivity index (χ0v) is 11.9. The molecule has 20 heavy (non-hydrogen) atoms. The first-order chi connectivity index (χ1) is 9.47. The number of rotatable bonds is 5. The Bertz CT molecular complexity index is 519. The Morgan fingerprint density at radius 2 is 2.45 bits per heavy atom. The molecule has 110 valence electrons. The van der Waals surface area contributed by atoms with E-state index in [-0.39, 0.29) is 24.8 Å². The van der Waals surface area contributed by atoms with E-state index in [1.165, 1.54) is 11.3 Å². The minimum atomic E-state index is -1.11. The second-order valence-corrected chi connectivity index (χ2v) is 5.87. The number of hydrogen-bond donors (Lipinski definition) is 3. The van der Waals surface area contributed by atoms with Gasteiger partial charge in [-0.1, -0.05) is 0 Å². The van der Waals surface area contributed by atoms with Gasteiger partial charge in [0.15, 0.2) is 0 Å². The lowest BCUT2D eigenvalue weighted by Gasteiger charge is -2.25. The molecular weight excluding hydrogens is 282 g/mol. The van der Waals surface area contributed by atoms with E-state index >= 15 is 0 Å². The minimum Gasteiger partial charge on any atom is -0.481 e. The van der Waals surface area contributed by atoms with Gasteiger partial charge in [-0.15, -0.1) is 11.3 Å². The quantitative estimate of drug-likeness (QED) is 0.697. The van der Waals surface area contributed by atoms with E-state index in [2.05, 4.69) is 10.3 Å². The maximum atomic E-state index is 12.1. The normalized spacial score (nSPS) is 25.6. The Morgan fingerprint density at radius 3 is 3.10 bits per heavy atom. The zero-order chi connectivity index (χ0) is 14.8. The molecule has 1 aromatic heterocycles. The van der Waals surface area contributed by atoms with Crippen molar-refractivity contribution in [3.63, 3.8) is 0 Å². The van der Waals surface area contributed by atoms with E-state index in [9.17, 15) is 14.7 Å². The van der Waals surface area contributed by atoms with Crippen LogP contribution in [-0.4, -0.2) is 47.8 Å². The topological polar surface area (TPSA) is 115 Å². The first kappa shape index (κ1) is 14.9. The Hall–Kier alpha value is -1.51. The molecule has 1 aromatic rings. The van der Waals surface area contributed by atoms with E-state index in [1.807, 2.05) is 0 Å². The van der Waals surface area contributed by atoms with Gasteiger partial charge in [0.05, 0.1) is 24.3 Å². The van der Waals surface area contributed by atoms with Gasteiger partial charge in [0.25, 0.3) is 5.91 Å². The summed E-state index contributed by atoms with van der Waals surface area (Å²) in [5, 5.41) is 14.4. The maximum absolute atomic E-state index is 12.1. The number of aliphatic carboxylic acids is 1. The van der Waals surface area contributed by atoms with E-state index in [0.29, 0.717) is 13.0 Å². The molecule has 2 heterocycles. The Balaban J connectivity index is 2.05. The van der Waals surface area contributed by atoms with Gasteiger partial charge in [0.1, 0.15) is 11.1 Å². The van der Waals surface area contributed by atoms with Crippen LogP contribution in [0.15, 0.2) is 5.38 Å². The first-order valence-electron chi connectivity index (χ1n) is 6.24. The van der Waals surface area contributed by atoms with Gasteiger partial charge in [-0.3, -0.25) is 9.59 Å². The highest BCUT2D eigenvalue weighted by Crippen LogP contribution is 2.29. The van der Waals surface area contributed by atoms with Crippen LogP contribution in [0.1, 0.15) is 22.4 Å². The lowest BCUT2D eigenvalue weighted by Crippen LogP contribution is -2.49. The van der Waals surface area contributed by atoms with Crippen molar-refractivity contribution in [1.82, 2.24) is 10.3 Å². The number of carbonyl (C=O) groups excluding carboxylic acids is 1. The molecule has 0 aliphatic carbocycles. The van der Waals surface area contributed by atoms with Crippen LogP contribution in [0.5, 0.6) is 0 Å². The number of aromatic nitrogens is 1. The molecule has 0 bridgehead atoms. The van der Waals surface area contributed by atoms with Crippen LogP contribution in [0, 0.1) is 5.41 Å². The predicted octanol–water partition coefficient (Wildman–Crippen LogP) is -0.136. The molecule has 2 unspecified atom stereocenters. The van der Waals surface area contributed by atoms with Crippen molar-refractivity contribution >= 4 is 23.2 Å². The third kappa shape index (κ3) is 2.82. The maximum Gasteiger partial charge on any atom is 0.313 e. The van der Waals surface area contributed by atoms with Crippen LogP contribution in [0.3, 0.4) is 0 Å². The number of nitrogens with one attached hydrogen (secondary N) is 1. The minimum absolute atomic E-state index is 0.0861. The van der Waals surface area contributed by atoms with Crippen molar-refractivity contribution in [2.75, 3.05) is 19.8 Å². The number of carboxylic acids is 1. The highest BCUT2D eigenvalue weighted by molar-refractivity contribution is 7.09. The van der Waals surface area contributed by atoms with E-state index in [4.69, 9.17) is 10.5 Å². The monoisotopic (exact) mass is 299 g/mol. The Labute approximate surface area is 120 Å². The fourth-order valence-corrected chi connectivity index (χ4v) is 2.76. The summed E-state index contributed by atoms with van der Waals surface area (Å²) in [5.74, 6) is -1.37. The molecule has 1 aliphatic heterocycles. The Kier molecular flexibility index (Phi) is 4.36. The zero-order valence-electron chi connectivity index (χ0n) is 11.1. The molecule has 0 aromatic carbocycles. The molecule has 7 nitrogen and oxygen atoms in total. The number of hydrogen-bond acceptors (Lipinski definition) is 6. The summed E-state index contributed by atoms with van der Waals surface area (Å²) in [5.41, 5.74) is 4.62. The summed E-state index contributed by atoms with van der Waals surface area (Å²) in [6.45, 7) is 2.31. The van der Waals surface area contributed by atoms with Gasteiger partial charge in [-0.05, 0) is 13.5 Å². The molecule has 0 saturated carbocycles. The number of thiazole rings is 1. The third-order valence-corrected chi connectivity index (χ3v) is 4.30. The molecule has 1 amide bonds. The summed E-state index contributed by atoms with van der Waals surface area (Å²) in [4.78, 5) is 27.5. The number of carboxylic acid groups (broad SMARTS) is 1. The van der Waals surface area contributed by atoms with Crippen molar-refractivity contribution in [1.29, 1.82) is 0 Å². The van der Waals surface area contributed by atoms with Gasteiger partial charge in [0.2, 0.25) is 0 Å². The fourth-order valence-electron chi connectivity index (χ4n) is 1.97. The van der Waals surface area contributed by atoms with Crippen molar-refractivity contribution < 1.29 is 19.4 Å². The number of nitrogens with two attached hydrogens (primary N) is 1. The molecule has 1 saturated heterocycles. The molecule has 2 atom stereocenters. The van der Waals surface area contributed by atoms with Gasteiger partial charge >= 0.3 is 5.97 Å². The van der Waals surface area contributed by atoms with Gasteiger partial charge < -0.3 is 20.9 Å². The van der Waals surface area contributed by atoms with Crippen LogP contribution in [-0.2, 0) is 16.0 Å². The molecule has 8 heteroatoms. The lowest BCUT2D eigenvalue weighted by atomic mass is 9.85.